The molecule has 132 valence electrons. The second-order valence-electron chi connectivity index (χ2n) is 6.56. The van der Waals surface area contributed by atoms with Gasteiger partial charge >= 0.3 is 0 Å². The first kappa shape index (κ1) is 16.2. The Morgan fingerprint density at radius 2 is 2.04 bits per heavy atom. The van der Waals surface area contributed by atoms with E-state index in [1.54, 1.807) is 0 Å². The van der Waals surface area contributed by atoms with E-state index in [0.29, 0.717) is 24.2 Å². The summed E-state index contributed by atoms with van der Waals surface area (Å²) in [7, 11) is 3.89. The summed E-state index contributed by atoms with van der Waals surface area (Å²) in [6.45, 7) is 0. The summed E-state index contributed by atoms with van der Waals surface area (Å²) in [5.74, 6) is -0.259. The van der Waals surface area contributed by atoms with Crippen LogP contribution in [0.3, 0.4) is 0 Å². The Morgan fingerprint density at radius 1 is 1.19 bits per heavy atom. The molecule has 6 heteroatoms. The molecule has 6 nitrogen and oxygen atoms in total. The molecule has 0 unspecified atom stereocenters. The number of hydrogen-bond donors (Lipinski definition) is 2. The summed E-state index contributed by atoms with van der Waals surface area (Å²) in [4.78, 5) is 19.4. The van der Waals surface area contributed by atoms with Crippen LogP contribution in [0.15, 0.2) is 54.4 Å². The zero-order chi connectivity index (χ0) is 18.3. The van der Waals surface area contributed by atoms with Gasteiger partial charge in [-0.3, -0.25) is 4.79 Å². The van der Waals surface area contributed by atoms with Gasteiger partial charge in [0.2, 0.25) is 0 Å². The summed E-state index contributed by atoms with van der Waals surface area (Å²) >= 11 is 0. The van der Waals surface area contributed by atoms with Gasteiger partial charge in [-0.25, -0.2) is 4.98 Å². The molecule has 0 fully saturated rings. The largest absolute Gasteiger partial charge is 0.511 e. The lowest BCUT2D eigenvalue weighted by Gasteiger charge is -2.17. The van der Waals surface area contributed by atoms with Crippen molar-refractivity contribution in [2.24, 2.45) is 0 Å². The molecule has 1 aromatic carbocycles. The van der Waals surface area contributed by atoms with Gasteiger partial charge < -0.3 is 19.7 Å². The highest BCUT2D eigenvalue weighted by molar-refractivity contribution is 6.26. The fraction of sp³-hybridized carbons (Fsp3) is 0.200. The second-order valence-corrected chi connectivity index (χ2v) is 6.56. The second kappa shape index (κ2) is 6.22. The molecule has 0 radical (unpaired) electrons. The predicted molar refractivity (Wildman–Crippen MR) is 102 cm³/mol. The number of fused-ring (bicyclic) bond motifs is 3. The molecule has 1 amide bonds. The topological polar surface area (TPSA) is 69.9 Å². The van der Waals surface area contributed by atoms with E-state index in [1.807, 2.05) is 72.1 Å². The van der Waals surface area contributed by atoms with Gasteiger partial charge in [0.25, 0.3) is 5.91 Å². The number of amides is 1. The Morgan fingerprint density at radius 3 is 2.85 bits per heavy atom. The molecule has 0 bridgehead atoms. The molecule has 2 N–H and O–H groups in total. The van der Waals surface area contributed by atoms with E-state index in [0.717, 1.165) is 17.0 Å². The molecular weight excluding hydrogens is 328 g/mol. The minimum Gasteiger partial charge on any atom is -0.511 e. The van der Waals surface area contributed by atoms with Crippen LogP contribution >= 0.6 is 0 Å². The fourth-order valence-corrected chi connectivity index (χ4v) is 3.28. The lowest BCUT2D eigenvalue weighted by molar-refractivity contribution is -0.111. The number of pyridine rings is 1. The minimum absolute atomic E-state index is 0.0853. The average molecular weight is 348 g/mol. The number of anilines is 2. The zero-order valence-electron chi connectivity index (χ0n) is 14.7. The maximum atomic E-state index is 12.9. The maximum Gasteiger partial charge on any atom is 0.261 e. The van der Waals surface area contributed by atoms with Crippen LogP contribution in [0.1, 0.15) is 17.8 Å². The monoisotopic (exact) mass is 348 g/mol. The molecule has 0 saturated carbocycles. The molecule has 0 spiro atoms. The summed E-state index contributed by atoms with van der Waals surface area (Å²) in [5.41, 5.74) is 4.19. The number of aliphatic hydroxyl groups is 1. The van der Waals surface area contributed by atoms with Crippen molar-refractivity contribution in [1.82, 2.24) is 9.38 Å². The normalized spacial score (nSPS) is 13.6. The number of carbonyl (C=O) groups is 1. The molecule has 1 aliphatic carbocycles. The van der Waals surface area contributed by atoms with E-state index < -0.39 is 0 Å². The first-order chi connectivity index (χ1) is 12.5. The van der Waals surface area contributed by atoms with Crippen LogP contribution in [0.4, 0.5) is 11.4 Å². The van der Waals surface area contributed by atoms with E-state index in [2.05, 4.69) is 10.3 Å². The van der Waals surface area contributed by atoms with Crippen molar-refractivity contribution in [3.05, 3.63) is 65.8 Å². The fourth-order valence-electron chi connectivity index (χ4n) is 3.28. The summed E-state index contributed by atoms with van der Waals surface area (Å²) in [6.07, 6.45) is 3.01. The van der Waals surface area contributed by atoms with Crippen LogP contribution < -0.4 is 10.2 Å². The number of aryl methyl sites for hydroxylation is 1. The van der Waals surface area contributed by atoms with Crippen molar-refractivity contribution in [2.45, 2.75) is 12.8 Å². The van der Waals surface area contributed by atoms with E-state index in [9.17, 15) is 9.90 Å². The molecule has 0 aliphatic heterocycles. The molecule has 3 aromatic rings. The number of hydrogen-bond acceptors (Lipinski definition) is 4. The average Bonchev–Trinajstić information content (AvgIpc) is 3.00. The molecule has 1 aliphatic rings. The maximum absolute atomic E-state index is 12.9. The Balaban J connectivity index is 1.71. The van der Waals surface area contributed by atoms with Crippen LogP contribution in [0, 0.1) is 0 Å². The van der Waals surface area contributed by atoms with Crippen molar-refractivity contribution in [3.8, 4) is 0 Å². The van der Waals surface area contributed by atoms with E-state index in [1.165, 1.54) is 0 Å². The zero-order valence-corrected chi connectivity index (χ0v) is 14.7. The number of imidazole rings is 1. The summed E-state index contributed by atoms with van der Waals surface area (Å²) in [5, 5.41) is 13.3. The van der Waals surface area contributed by atoms with E-state index >= 15 is 0 Å². The van der Waals surface area contributed by atoms with Crippen LogP contribution in [0.25, 0.3) is 11.2 Å². The van der Waals surface area contributed by atoms with Gasteiger partial charge in [-0.1, -0.05) is 12.1 Å². The highest BCUT2D eigenvalue weighted by atomic mass is 16.3. The molecule has 26 heavy (non-hydrogen) atoms. The molecular formula is C20H20N4O2. The SMILES string of the molecule is CN(C)c1cccc(NC(=O)C2=C(O)CCc3c2nc2ccccn32)c1. The van der Waals surface area contributed by atoms with Gasteiger partial charge in [-0.05, 0) is 36.8 Å². The number of benzene rings is 1. The Kier molecular flexibility index (Phi) is 3.88. The van der Waals surface area contributed by atoms with Gasteiger partial charge in [0.05, 0.1) is 5.69 Å². The van der Waals surface area contributed by atoms with Gasteiger partial charge in [0, 0.05) is 38.1 Å². The highest BCUT2D eigenvalue weighted by Gasteiger charge is 2.28. The van der Waals surface area contributed by atoms with Crippen molar-refractivity contribution >= 4 is 28.5 Å². The van der Waals surface area contributed by atoms with Gasteiger partial charge in [-0.15, -0.1) is 0 Å². The number of nitrogens with one attached hydrogen (secondary N) is 1. The summed E-state index contributed by atoms with van der Waals surface area (Å²) < 4.78 is 1.97. The number of carbonyl (C=O) groups excluding carboxylic acids is 1. The smallest absolute Gasteiger partial charge is 0.261 e. The van der Waals surface area contributed by atoms with Crippen molar-refractivity contribution in [1.29, 1.82) is 0 Å². The van der Waals surface area contributed by atoms with Crippen LogP contribution in [-0.4, -0.2) is 34.5 Å². The molecule has 4 rings (SSSR count). The van der Waals surface area contributed by atoms with E-state index in [4.69, 9.17) is 0 Å². The Labute approximate surface area is 151 Å². The third-order valence-corrected chi connectivity index (χ3v) is 4.60. The Hall–Kier alpha value is -3.28. The highest BCUT2D eigenvalue weighted by Crippen LogP contribution is 2.31. The number of allylic oxidation sites excluding steroid dienone is 1. The molecule has 2 heterocycles. The van der Waals surface area contributed by atoms with Crippen LogP contribution in [0.5, 0.6) is 0 Å². The number of aliphatic hydroxyl groups excluding tert-OH is 1. The van der Waals surface area contributed by atoms with Gasteiger partial charge in [-0.2, -0.15) is 0 Å². The van der Waals surface area contributed by atoms with Crippen molar-refractivity contribution in [3.63, 3.8) is 0 Å². The third-order valence-electron chi connectivity index (χ3n) is 4.60. The molecule has 0 saturated heterocycles. The van der Waals surface area contributed by atoms with Crippen molar-refractivity contribution in [2.75, 3.05) is 24.3 Å². The van der Waals surface area contributed by atoms with Crippen LogP contribution in [-0.2, 0) is 11.2 Å². The Bertz CT molecular complexity index is 1030. The van der Waals surface area contributed by atoms with Gasteiger partial charge in [0.15, 0.2) is 0 Å². The first-order valence-electron chi connectivity index (χ1n) is 8.52. The summed E-state index contributed by atoms with van der Waals surface area (Å²) in [6, 6.07) is 13.3. The molecule has 2 aromatic heterocycles. The lowest BCUT2D eigenvalue weighted by atomic mass is 9.97. The third kappa shape index (κ3) is 2.69. The lowest BCUT2D eigenvalue weighted by Crippen LogP contribution is -2.19. The number of nitrogens with zero attached hydrogens (tertiary/aromatic N) is 3. The van der Waals surface area contributed by atoms with Crippen molar-refractivity contribution < 1.29 is 9.90 Å². The predicted octanol–water partition coefficient (Wildman–Crippen LogP) is 3.25. The number of rotatable bonds is 3. The molecule has 0 atom stereocenters. The van der Waals surface area contributed by atoms with Gasteiger partial charge in [0.1, 0.15) is 22.7 Å². The number of aromatic nitrogens is 2. The minimum atomic E-state index is -0.345. The van der Waals surface area contributed by atoms with E-state index in [-0.39, 0.29) is 17.2 Å². The first-order valence-corrected chi connectivity index (χ1v) is 8.52. The quantitative estimate of drug-likeness (QED) is 0.762. The standard InChI is InChI=1S/C20H20N4O2/c1-23(2)14-7-5-6-13(12-14)21-20(26)18-16(25)10-9-15-19(18)22-17-8-3-4-11-24(15)17/h3-8,11-12,25H,9-10H2,1-2H3,(H,21,26). The van der Waals surface area contributed by atoms with Crippen LogP contribution in [0.2, 0.25) is 0 Å².